The van der Waals surface area contributed by atoms with Gasteiger partial charge in [-0.05, 0) is 43.9 Å². The van der Waals surface area contributed by atoms with Crippen molar-refractivity contribution in [3.8, 4) is 0 Å². The fraction of sp³-hybridized carbons (Fsp3) is 0.600. The summed E-state index contributed by atoms with van der Waals surface area (Å²) in [6, 6.07) is 6.03. The molecular formula is C15H22FNO2S. The van der Waals surface area contributed by atoms with Crippen molar-refractivity contribution in [2.45, 2.75) is 43.5 Å². The summed E-state index contributed by atoms with van der Waals surface area (Å²) in [5, 5.41) is 3.41. The highest BCUT2D eigenvalue weighted by Crippen LogP contribution is 2.29. The van der Waals surface area contributed by atoms with Gasteiger partial charge >= 0.3 is 0 Å². The molecule has 0 amide bonds. The Kier molecular flexibility index (Phi) is 5.16. The fourth-order valence-electron chi connectivity index (χ4n) is 3.03. The second kappa shape index (κ2) is 6.68. The molecule has 0 aliphatic heterocycles. The molecule has 0 spiro atoms. The van der Waals surface area contributed by atoms with Gasteiger partial charge in [-0.15, -0.1) is 0 Å². The van der Waals surface area contributed by atoms with Crippen LogP contribution >= 0.6 is 0 Å². The molecular weight excluding hydrogens is 277 g/mol. The standard InChI is InChI=1S/C15H22FNO2S/c1-2-17-14-8-5-6-12(14)10-11-20(18,19)15-9-4-3-7-13(15)16/h3-4,7,9,12,14,17H,2,5-6,8,10-11H2,1H3. The van der Waals surface area contributed by atoms with E-state index in [0.717, 1.165) is 25.8 Å². The molecule has 1 aliphatic rings. The van der Waals surface area contributed by atoms with Crippen molar-refractivity contribution in [3.05, 3.63) is 30.1 Å². The van der Waals surface area contributed by atoms with Crippen molar-refractivity contribution in [2.75, 3.05) is 12.3 Å². The molecule has 1 N–H and O–H groups in total. The van der Waals surface area contributed by atoms with Crippen LogP contribution in [0.15, 0.2) is 29.2 Å². The lowest BCUT2D eigenvalue weighted by atomic mass is 10.0. The normalized spacial score (nSPS) is 23.1. The van der Waals surface area contributed by atoms with E-state index in [1.807, 2.05) is 0 Å². The predicted molar refractivity (Wildman–Crippen MR) is 77.9 cm³/mol. The number of halogens is 1. The van der Waals surface area contributed by atoms with Gasteiger partial charge in [-0.2, -0.15) is 0 Å². The summed E-state index contributed by atoms with van der Waals surface area (Å²) in [4.78, 5) is -0.169. The number of rotatable bonds is 6. The van der Waals surface area contributed by atoms with E-state index in [-0.39, 0.29) is 10.6 Å². The first kappa shape index (κ1) is 15.4. The zero-order chi connectivity index (χ0) is 14.6. The van der Waals surface area contributed by atoms with Gasteiger partial charge in [0.1, 0.15) is 10.7 Å². The third-order valence-electron chi connectivity index (χ3n) is 4.05. The molecule has 1 fully saturated rings. The quantitative estimate of drug-likeness (QED) is 0.878. The summed E-state index contributed by atoms with van der Waals surface area (Å²) < 4.78 is 38.0. The van der Waals surface area contributed by atoms with Crippen LogP contribution in [0.5, 0.6) is 0 Å². The van der Waals surface area contributed by atoms with Crippen molar-refractivity contribution in [1.29, 1.82) is 0 Å². The van der Waals surface area contributed by atoms with E-state index >= 15 is 0 Å². The highest BCUT2D eigenvalue weighted by molar-refractivity contribution is 7.91. The van der Waals surface area contributed by atoms with Gasteiger partial charge in [0.25, 0.3) is 0 Å². The summed E-state index contributed by atoms with van der Waals surface area (Å²) in [5.41, 5.74) is 0. The second-order valence-corrected chi connectivity index (χ2v) is 7.47. The van der Waals surface area contributed by atoms with Gasteiger partial charge in [-0.1, -0.05) is 25.5 Å². The van der Waals surface area contributed by atoms with E-state index in [9.17, 15) is 12.8 Å². The number of benzene rings is 1. The molecule has 1 aliphatic carbocycles. The molecule has 2 atom stereocenters. The third-order valence-corrected chi connectivity index (χ3v) is 5.83. The van der Waals surface area contributed by atoms with Gasteiger partial charge in [0.15, 0.2) is 9.84 Å². The van der Waals surface area contributed by atoms with Gasteiger partial charge in [0.05, 0.1) is 5.75 Å². The van der Waals surface area contributed by atoms with E-state index in [0.29, 0.717) is 18.4 Å². The second-order valence-electron chi connectivity index (χ2n) is 5.39. The van der Waals surface area contributed by atoms with Gasteiger partial charge in [-0.3, -0.25) is 0 Å². The molecule has 0 heterocycles. The Bertz CT molecular complexity index is 545. The average molecular weight is 299 g/mol. The molecule has 0 bridgehead atoms. The lowest BCUT2D eigenvalue weighted by Crippen LogP contribution is -2.33. The fourth-order valence-corrected chi connectivity index (χ4v) is 4.51. The molecule has 1 saturated carbocycles. The molecule has 0 saturated heterocycles. The van der Waals surface area contributed by atoms with Gasteiger partial charge < -0.3 is 5.32 Å². The minimum absolute atomic E-state index is 0.0283. The topological polar surface area (TPSA) is 46.2 Å². The third kappa shape index (κ3) is 3.58. The first-order chi connectivity index (χ1) is 9.54. The van der Waals surface area contributed by atoms with Crippen LogP contribution in [0.4, 0.5) is 4.39 Å². The summed E-state index contributed by atoms with van der Waals surface area (Å²) in [6.07, 6.45) is 3.92. The maximum atomic E-state index is 13.6. The minimum Gasteiger partial charge on any atom is -0.314 e. The van der Waals surface area contributed by atoms with Crippen LogP contribution < -0.4 is 5.32 Å². The minimum atomic E-state index is -3.52. The number of hydrogen-bond acceptors (Lipinski definition) is 3. The van der Waals surface area contributed by atoms with E-state index in [1.165, 1.54) is 18.2 Å². The lowest BCUT2D eigenvalue weighted by Gasteiger charge is -2.20. The van der Waals surface area contributed by atoms with Crippen molar-refractivity contribution in [3.63, 3.8) is 0 Å². The first-order valence-electron chi connectivity index (χ1n) is 7.25. The maximum absolute atomic E-state index is 13.6. The largest absolute Gasteiger partial charge is 0.314 e. The molecule has 0 aromatic heterocycles. The van der Waals surface area contributed by atoms with Crippen LogP contribution in [0.2, 0.25) is 0 Å². The van der Waals surface area contributed by atoms with E-state index in [4.69, 9.17) is 0 Å². The highest BCUT2D eigenvalue weighted by atomic mass is 32.2. The van der Waals surface area contributed by atoms with Crippen LogP contribution in [0.3, 0.4) is 0 Å². The monoisotopic (exact) mass is 299 g/mol. The summed E-state index contributed by atoms with van der Waals surface area (Å²) in [5.74, 6) is -0.237. The lowest BCUT2D eigenvalue weighted by molar-refractivity contribution is 0.398. The highest BCUT2D eigenvalue weighted by Gasteiger charge is 2.28. The maximum Gasteiger partial charge on any atom is 0.181 e. The van der Waals surface area contributed by atoms with Crippen LogP contribution in [0, 0.1) is 11.7 Å². The average Bonchev–Trinajstić information content (AvgIpc) is 2.85. The molecule has 0 radical (unpaired) electrons. The molecule has 2 rings (SSSR count). The Morgan fingerprint density at radius 1 is 1.30 bits per heavy atom. The number of sulfone groups is 1. The molecule has 112 valence electrons. The predicted octanol–water partition coefficient (Wildman–Crippen LogP) is 2.77. The van der Waals surface area contributed by atoms with Gasteiger partial charge in [0.2, 0.25) is 0 Å². The molecule has 5 heteroatoms. The number of hydrogen-bond donors (Lipinski definition) is 1. The smallest absolute Gasteiger partial charge is 0.181 e. The Labute approximate surface area is 120 Å². The molecule has 1 aromatic rings. The van der Waals surface area contributed by atoms with Crippen molar-refractivity contribution >= 4 is 9.84 Å². The Morgan fingerprint density at radius 3 is 2.75 bits per heavy atom. The molecule has 20 heavy (non-hydrogen) atoms. The van der Waals surface area contributed by atoms with Gasteiger partial charge in [0, 0.05) is 6.04 Å². The summed E-state index contributed by atoms with van der Waals surface area (Å²) >= 11 is 0. The van der Waals surface area contributed by atoms with Crippen LogP contribution in [-0.2, 0) is 9.84 Å². The molecule has 3 nitrogen and oxygen atoms in total. The first-order valence-corrected chi connectivity index (χ1v) is 8.90. The van der Waals surface area contributed by atoms with E-state index < -0.39 is 15.7 Å². The van der Waals surface area contributed by atoms with Crippen molar-refractivity contribution in [1.82, 2.24) is 5.32 Å². The Morgan fingerprint density at radius 2 is 2.05 bits per heavy atom. The van der Waals surface area contributed by atoms with E-state index in [2.05, 4.69) is 12.2 Å². The SMILES string of the molecule is CCNC1CCCC1CCS(=O)(=O)c1ccccc1F. The molecule has 2 unspecified atom stereocenters. The summed E-state index contributed by atoms with van der Waals surface area (Å²) in [6.45, 7) is 2.96. The van der Waals surface area contributed by atoms with E-state index in [1.54, 1.807) is 6.07 Å². The van der Waals surface area contributed by atoms with Crippen LogP contribution in [0.25, 0.3) is 0 Å². The van der Waals surface area contributed by atoms with Crippen molar-refractivity contribution < 1.29 is 12.8 Å². The molecule has 1 aromatic carbocycles. The Balaban J connectivity index is 2.01. The zero-order valence-corrected chi connectivity index (χ0v) is 12.6. The Hall–Kier alpha value is -0.940. The van der Waals surface area contributed by atoms with Crippen molar-refractivity contribution in [2.24, 2.45) is 5.92 Å². The summed E-state index contributed by atoms with van der Waals surface area (Å²) in [7, 11) is -3.52. The van der Waals surface area contributed by atoms with Crippen LogP contribution in [0.1, 0.15) is 32.6 Å². The van der Waals surface area contributed by atoms with Gasteiger partial charge in [-0.25, -0.2) is 12.8 Å². The van der Waals surface area contributed by atoms with Crippen LogP contribution in [-0.4, -0.2) is 26.8 Å². The zero-order valence-electron chi connectivity index (χ0n) is 11.8. The number of nitrogens with one attached hydrogen (secondary N) is 1.